The van der Waals surface area contributed by atoms with Crippen LogP contribution in [0.2, 0.25) is 0 Å². The van der Waals surface area contributed by atoms with Crippen molar-refractivity contribution in [3.8, 4) is 0 Å². The minimum Gasteiger partial charge on any atom is -0.381 e. The van der Waals surface area contributed by atoms with Crippen molar-refractivity contribution in [2.24, 2.45) is 0 Å². The van der Waals surface area contributed by atoms with E-state index >= 15 is 0 Å². The average molecular weight is 282 g/mol. The maximum Gasteiger partial charge on any atom is 0.270 e. The fourth-order valence-electron chi connectivity index (χ4n) is 2.60. The Labute approximate surface area is 116 Å². The number of aromatic nitrogens is 2. The molecule has 0 atom stereocenters. The van der Waals surface area contributed by atoms with E-state index in [-0.39, 0.29) is 22.5 Å². The van der Waals surface area contributed by atoms with Crippen LogP contribution >= 0.6 is 10.9 Å². The van der Waals surface area contributed by atoms with Gasteiger partial charge in [0.25, 0.3) is 5.56 Å². The number of nitrogens with zero attached hydrogens (tertiary/aromatic N) is 2. The second kappa shape index (κ2) is 5.29. The minimum atomic E-state index is -0.260. The lowest BCUT2D eigenvalue weighted by molar-refractivity contribution is 0.0641. The van der Waals surface area contributed by atoms with Crippen molar-refractivity contribution in [1.82, 2.24) is 9.78 Å². The van der Waals surface area contributed by atoms with Crippen LogP contribution < -0.4 is 5.56 Å². The van der Waals surface area contributed by atoms with Crippen LogP contribution in [0, 0.1) is 0 Å². The molecule has 1 aromatic heterocycles. The Kier molecular flexibility index (Phi) is 3.67. The van der Waals surface area contributed by atoms with Gasteiger partial charge in [-0.05, 0) is 50.2 Å². The van der Waals surface area contributed by atoms with Gasteiger partial charge < -0.3 is 4.74 Å². The van der Waals surface area contributed by atoms with E-state index in [0.29, 0.717) is 5.92 Å². The normalized spacial score (nSPS) is 21.5. The third kappa shape index (κ3) is 2.72. The molecular formula is C14H22N2O2S. The van der Waals surface area contributed by atoms with Gasteiger partial charge >= 0.3 is 0 Å². The smallest absolute Gasteiger partial charge is 0.270 e. The molecule has 2 fully saturated rings. The molecule has 3 rings (SSSR count). The lowest BCUT2D eigenvalue weighted by atomic mass is 10.1. The van der Waals surface area contributed by atoms with Crippen LogP contribution in [-0.2, 0) is 4.74 Å². The van der Waals surface area contributed by atoms with E-state index < -0.39 is 0 Å². The Bertz CT molecular complexity index is 517. The van der Waals surface area contributed by atoms with Gasteiger partial charge in [-0.1, -0.05) is 0 Å². The van der Waals surface area contributed by atoms with Gasteiger partial charge in [-0.25, -0.2) is 15.6 Å². The summed E-state index contributed by atoms with van der Waals surface area (Å²) in [4.78, 5) is 12.6. The standard InChI is InChI=1S/C14H22N2O2S/c1-19(2)13-9-12(10-3-4-10)14(17)16(15-13)11-5-7-18-8-6-11/h9-11,19H,3-8H2,1-2H3. The van der Waals surface area contributed by atoms with Gasteiger partial charge in [0.15, 0.2) is 0 Å². The monoisotopic (exact) mass is 282 g/mol. The van der Waals surface area contributed by atoms with Gasteiger partial charge in [-0.15, -0.1) is 0 Å². The number of hydrogen-bond donors (Lipinski definition) is 1. The summed E-state index contributed by atoms with van der Waals surface area (Å²) in [5.74, 6) is 0.496. The van der Waals surface area contributed by atoms with Crippen LogP contribution in [0.1, 0.15) is 43.2 Å². The Hall–Kier alpha value is -0.810. The van der Waals surface area contributed by atoms with E-state index in [4.69, 9.17) is 4.74 Å². The third-order valence-electron chi connectivity index (χ3n) is 3.96. The molecule has 1 aliphatic carbocycles. The third-order valence-corrected chi connectivity index (χ3v) is 5.10. The van der Waals surface area contributed by atoms with Gasteiger partial charge in [0.05, 0.1) is 11.1 Å². The number of hydrogen-bond acceptors (Lipinski definition) is 3. The van der Waals surface area contributed by atoms with E-state index in [1.807, 2.05) is 0 Å². The minimum absolute atomic E-state index is 0.148. The van der Waals surface area contributed by atoms with Gasteiger partial charge in [0.2, 0.25) is 0 Å². The highest BCUT2D eigenvalue weighted by Gasteiger charge is 2.29. The van der Waals surface area contributed by atoms with E-state index in [9.17, 15) is 4.79 Å². The van der Waals surface area contributed by atoms with Crippen molar-refractivity contribution >= 4 is 10.9 Å². The number of thiol groups is 1. The molecule has 0 spiro atoms. The first kappa shape index (κ1) is 13.2. The lowest BCUT2D eigenvalue weighted by Gasteiger charge is -2.25. The van der Waals surface area contributed by atoms with Gasteiger partial charge in [-0.3, -0.25) is 4.79 Å². The maximum atomic E-state index is 12.6. The zero-order valence-electron chi connectivity index (χ0n) is 11.6. The van der Waals surface area contributed by atoms with E-state index in [1.165, 1.54) is 0 Å². The molecule has 4 nitrogen and oxygen atoms in total. The first-order valence-electron chi connectivity index (χ1n) is 7.05. The molecule has 106 valence electrons. The second-order valence-corrected chi connectivity index (χ2v) is 7.97. The molecule has 0 aromatic carbocycles. The van der Waals surface area contributed by atoms with Crippen molar-refractivity contribution in [2.45, 2.75) is 42.7 Å². The SMILES string of the molecule is C[SH](C)c1cc(C2CC2)c(=O)n(C2CCOCC2)n1. The fraction of sp³-hybridized carbons (Fsp3) is 0.714. The van der Waals surface area contributed by atoms with Gasteiger partial charge in [0, 0.05) is 18.8 Å². The molecule has 2 heterocycles. The number of ether oxygens (including phenoxy) is 1. The summed E-state index contributed by atoms with van der Waals surface area (Å²) in [6, 6.07) is 2.30. The highest BCUT2D eigenvalue weighted by Crippen LogP contribution is 2.40. The Morgan fingerprint density at radius 2 is 1.95 bits per heavy atom. The van der Waals surface area contributed by atoms with E-state index in [0.717, 1.165) is 49.5 Å². The maximum absolute atomic E-state index is 12.6. The quantitative estimate of drug-likeness (QED) is 0.863. The summed E-state index contributed by atoms with van der Waals surface area (Å²) in [7, 11) is -0.260. The highest BCUT2D eigenvalue weighted by atomic mass is 32.2. The molecule has 0 bridgehead atoms. The summed E-state index contributed by atoms with van der Waals surface area (Å²) in [5.41, 5.74) is 1.16. The molecule has 0 amide bonds. The molecule has 1 aliphatic heterocycles. The lowest BCUT2D eigenvalue weighted by Crippen LogP contribution is -2.33. The summed E-state index contributed by atoms with van der Waals surface area (Å²) >= 11 is 0. The van der Waals surface area contributed by atoms with Crippen LogP contribution in [0.4, 0.5) is 0 Å². The first-order chi connectivity index (χ1) is 9.16. The fourth-order valence-corrected chi connectivity index (χ4v) is 3.27. The zero-order valence-corrected chi connectivity index (χ0v) is 12.5. The van der Waals surface area contributed by atoms with Crippen LogP contribution in [0.3, 0.4) is 0 Å². The summed E-state index contributed by atoms with van der Waals surface area (Å²) in [6.45, 7) is 1.49. The molecule has 1 saturated carbocycles. The Morgan fingerprint density at radius 3 is 2.53 bits per heavy atom. The van der Waals surface area contributed by atoms with Crippen molar-refractivity contribution in [3.05, 3.63) is 22.0 Å². The predicted molar refractivity (Wildman–Crippen MR) is 78.7 cm³/mol. The Morgan fingerprint density at radius 1 is 1.26 bits per heavy atom. The molecule has 2 aliphatic rings. The van der Waals surface area contributed by atoms with E-state index in [1.54, 1.807) is 4.68 Å². The first-order valence-corrected chi connectivity index (χ1v) is 9.29. The highest BCUT2D eigenvalue weighted by molar-refractivity contribution is 8.15. The van der Waals surface area contributed by atoms with Gasteiger partial charge in [0.1, 0.15) is 0 Å². The molecule has 0 N–H and O–H groups in total. The predicted octanol–water partition coefficient (Wildman–Crippen LogP) is 2.09. The topological polar surface area (TPSA) is 44.1 Å². The van der Waals surface area contributed by atoms with Crippen LogP contribution in [0.5, 0.6) is 0 Å². The molecule has 19 heavy (non-hydrogen) atoms. The summed E-state index contributed by atoms with van der Waals surface area (Å²) in [6.07, 6.45) is 8.55. The zero-order chi connectivity index (χ0) is 13.4. The second-order valence-electron chi connectivity index (χ2n) is 5.72. The van der Waals surface area contributed by atoms with Crippen LogP contribution in [0.15, 0.2) is 15.9 Å². The molecular weight excluding hydrogens is 260 g/mol. The van der Waals surface area contributed by atoms with Crippen LogP contribution in [-0.4, -0.2) is 35.5 Å². The Balaban J connectivity index is 2.03. The summed E-state index contributed by atoms with van der Waals surface area (Å²) < 4.78 is 7.16. The van der Waals surface area contributed by atoms with Crippen molar-refractivity contribution < 1.29 is 4.74 Å². The molecule has 1 saturated heterocycles. The molecule has 0 radical (unpaired) electrons. The van der Waals surface area contributed by atoms with Crippen molar-refractivity contribution in [1.29, 1.82) is 0 Å². The van der Waals surface area contributed by atoms with Gasteiger partial charge in [-0.2, -0.15) is 5.10 Å². The number of rotatable bonds is 3. The molecule has 5 heteroatoms. The average Bonchev–Trinajstić information content (AvgIpc) is 3.24. The molecule has 1 aromatic rings. The van der Waals surface area contributed by atoms with Crippen molar-refractivity contribution in [3.63, 3.8) is 0 Å². The van der Waals surface area contributed by atoms with E-state index in [2.05, 4.69) is 23.7 Å². The molecule has 0 unspecified atom stereocenters. The largest absolute Gasteiger partial charge is 0.381 e. The van der Waals surface area contributed by atoms with Crippen LogP contribution in [0.25, 0.3) is 0 Å². The summed E-state index contributed by atoms with van der Waals surface area (Å²) in [5, 5.41) is 5.76. The van der Waals surface area contributed by atoms with Crippen molar-refractivity contribution in [2.75, 3.05) is 25.7 Å².